The number of carbonyl (C=O) groups excluding carboxylic acids is 3. The third-order valence-corrected chi connectivity index (χ3v) is 6.00. The Labute approximate surface area is 185 Å². The van der Waals surface area contributed by atoms with Gasteiger partial charge in [0, 0.05) is 43.7 Å². The Hall–Kier alpha value is -3.20. The maximum Gasteiger partial charge on any atom is 0.286 e. The minimum absolute atomic E-state index is 0.103. The number of thioether (sulfide) groups is 1. The Morgan fingerprint density at radius 2 is 1.81 bits per heavy atom. The number of hydrogen-bond donors (Lipinski definition) is 1. The molecule has 0 spiro atoms. The van der Waals surface area contributed by atoms with Gasteiger partial charge < -0.3 is 24.6 Å². The van der Waals surface area contributed by atoms with E-state index in [1.165, 1.54) is 12.0 Å². The highest BCUT2D eigenvalue weighted by Gasteiger charge is 2.35. The van der Waals surface area contributed by atoms with Gasteiger partial charge in [0.1, 0.15) is 0 Å². The maximum absolute atomic E-state index is 12.9. The zero-order valence-electron chi connectivity index (χ0n) is 17.9. The highest BCUT2D eigenvalue weighted by molar-refractivity contribution is 8.13. The molecule has 0 bridgehead atoms. The smallest absolute Gasteiger partial charge is 0.286 e. The number of methoxy groups -OCH3 is 2. The Kier molecular flexibility index (Phi) is 7.06. The number of nitrogens with zero attached hydrogens (tertiary/aromatic N) is 2. The number of benzene rings is 2. The van der Waals surface area contributed by atoms with Gasteiger partial charge in [0.05, 0.1) is 25.8 Å². The van der Waals surface area contributed by atoms with Gasteiger partial charge in [-0.3, -0.25) is 14.4 Å². The topological polar surface area (TPSA) is 88.2 Å². The summed E-state index contributed by atoms with van der Waals surface area (Å²) in [6.07, 6.45) is 0.103. The molecule has 8 nitrogen and oxygen atoms in total. The summed E-state index contributed by atoms with van der Waals surface area (Å²) in [5, 5.41) is 2.73. The highest BCUT2D eigenvalue weighted by atomic mass is 32.2. The van der Waals surface area contributed by atoms with Crippen molar-refractivity contribution in [1.29, 1.82) is 0 Å². The summed E-state index contributed by atoms with van der Waals surface area (Å²) in [6.45, 7) is 0.256. The SMILES string of the molecule is COc1ccc(N2CC(C(=O)Nc3ccccc3SC(=O)N(C)C)CC2=O)cc1OC. The molecule has 1 fully saturated rings. The summed E-state index contributed by atoms with van der Waals surface area (Å²) in [7, 11) is 6.41. The molecule has 164 valence electrons. The molecule has 1 unspecified atom stereocenters. The van der Waals surface area contributed by atoms with Crippen LogP contribution in [0.3, 0.4) is 0 Å². The van der Waals surface area contributed by atoms with Gasteiger partial charge in [0.2, 0.25) is 11.8 Å². The zero-order chi connectivity index (χ0) is 22.5. The van der Waals surface area contributed by atoms with Crippen molar-refractivity contribution in [2.45, 2.75) is 11.3 Å². The molecule has 31 heavy (non-hydrogen) atoms. The molecule has 9 heteroatoms. The summed E-state index contributed by atoms with van der Waals surface area (Å²) in [5.74, 6) is 0.161. The Morgan fingerprint density at radius 3 is 2.48 bits per heavy atom. The lowest BCUT2D eigenvalue weighted by atomic mass is 10.1. The quantitative estimate of drug-likeness (QED) is 0.688. The minimum atomic E-state index is -0.511. The number of ether oxygens (including phenoxy) is 2. The Morgan fingerprint density at radius 1 is 1.10 bits per heavy atom. The number of rotatable bonds is 6. The van der Waals surface area contributed by atoms with Crippen LogP contribution in [0.2, 0.25) is 0 Å². The van der Waals surface area contributed by atoms with Crippen LogP contribution in [0.25, 0.3) is 0 Å². The first-order valence-electron chi connectivity index (χ1n) is 9.65. The van der Waals surface area contributed by atoms with Crippen molar-refractivity contribution in [3.05, 3.63) is 42.5 Å². The molecule has 0 saturated carbocycles. The van der Waals surface area contributed by atoms with Crippen LogP contribution < -0.4 is 19.7 Å². The van der Waals surface area contributed by atoms with E-state index in [0.717, 1.165) is 11.8 Å². The lowest BCUT2D eigenvalue weighted by molar-refractivity contribution is -0.122. The van der Waals surface area contributed by atoms with Crippen molar-refractivity contribution < 1.29 is 23.9 Å². The average Bonchev–Trinajstić information content (AvgIpc) is 3.16. The molecule has 1 heterocycles. The largest absolute Gasteiger partial charge is 0.493 e. The second-order valence-electron chi connectivity index (χ2n) is 7.19. The number of amides is 3. The monoisotopic (exact) mass is 443 g/mol. The second kappa shape index (κ2) is 9.74. The summed E-state index contributed by atoms with van der Waals surface area (Å²) >= 11 is 1.04. The predicted octanol–water partition coefficient (Wildman–Crippen LogP) is 3.47. The van der Waals surface area contributed by atoms with E-state index < -0.39 is 5.92 Å². The van der Waals surface area contributed by atoms with Crippen molar-refractivity contribution in [3.8, 4) is 11.5 Å². The molecule has 1 N–H and O–H groups in total. The van der Waals surface area contributed by atoms with E-state index in [9.17, 15) is 14.4 Å². The third kappa shape index (κ3) is 5.11. The number of nitrogens with one attached hydrogen (secondary N) is 1. The van der Waals surface area contributed by atoms with Crippen molar-refractivity contribution >= 4 is 40.2 Å². The fourth-order valence-electron chi connectivity index (χ4n) is 3.20. The van der Waals surface area contributed by atoms with Crippen LogP contribution in [0, 0.1) is 5.92 Å². The van der Waals surface area contributed by atoms with Gasteiger partial charge in [-0.15, -0.1) is 0 Å². The van der Waals surface area contributed by atoms with E-state index in [-0.39, 0.29) is 30.0 Å². The number of anilines is 2. The van der Waals surface area contributed by atoms with Crippen LogP contribution in [-0.4, -0.2) is 56.8 Å². The van der Waals surface area contributed by atoms with E-state index >= 15 is 0 Å². The number of carbonyl (C=O) groups is 3. The molecule has 1 aliphatic rings. The van der Waals surface area contributed by atoms with E-state index in [2.05, 4.69) is 5.32 Å². The summed E-state index contributed by atoms with van der Waals surface area (Å²) in [5.41, 5.74) is 1.19. The maximum atomic E-state index is 12.9. The molecular formula is C22H25N3O5S. The van der Waals surface area contributed by atoms with Crippen molar-refractivity contribution in [2.24, 2.45) is 5.92 Å². The normalized spacial score (nSPS) is 15.5. The van der Waals surface area contributed by atoms with E-state index in [0.29, 0.717) is 27.8 Å². The van der Waals surface area contributed by atoms with Gasteiger partial charge >= 0.3 is 0 Å². The zero-order valence-corrected chi connectivity index (χ0v) is 18.7. The lowest BCUT2D eigenvalue weighted by Crippen LogP contribution is -2.28. The molecular weight excluding hydrogens is 418 g/mol. The average molecular weight is 444 g/mol. The molecule has 2 aromatic carbocycles. The van der Waals surface area contributed by atoms with Gasteiger partial charge in [-0.05, 0) is 36.0 Å². The number of hydrogen-bond acceptors (Lipinski definition) is 6. The molecule has 1 aliphatic heterocycles. The molecule has 0 radical (unpaired) electrons. The third-order valence-electron chi connectivity index (χ3n) is 4.88. The molecule has 0 aliphatic carbocycles. The van der Waals surface area contributed by atoms with Crippen LogP contribution in [0.4, 0.5) is 16.2 Å². The summed E-state index contributed by atoms with van der Waals surface area (Å²) in [4.78, 5) is 41.2. The standard InChI is InChI=1S/C22H25N3O5S/c1-24(2)22(28)31-19-8-6-5-7-16(19)23-21(27)14-11-20(26)25(13-14)15-9-10-17(29-3)18(12-15)30-4/h5-10,12,14H,11,13H2,1-4H3,(H,23,27). The van der Waals surface area contributed by atoms with E-state index in [1.807, 2.05) is 0 Å². The van der Waals surface area contributed by atoms with Crippen LogP contribution >= 0.6 is 11.8 Å². The fourth-order valence-corrected chi connectivity index (χ4v) is 3.95. The Bertz CT molecular complexity index is 995. The molecule has 3 amide bonds. The van der Waals surface area contributed by atoms with Crippen molar-refractivity contribution in [3.63, 3.8) is 0 Å². The van der Waals surface area contributed by atoms with Crippen molar-refractivity contribution in [1.82, 2.24) is 4.90 Å². The van der Waals surface area contributed by atoms with Gasteiger partial charge in [-0.2, -0.15) is 0 Å². The van der Waals surface area contributed by atoms with E-state index in [1.54, 1.807) is 68.6 Å². The minimum Gasteiger partial charge on any atom is -0.493 e. The summed E-state index contributed by atoms with van der Waals surface area (Å²) in [6, 6.07) is 12.3. The van der Waals surface area contributed by atoms with Crippen LogP contribution in [0.15, 0.2) is 47.4 Å². The first kappa shape index (κ1) is 22.5. The van der Waals surface area contributed by atoms with Gasteiger partial charge in [-0.25, -0.2) is 0 Å². The van der Waals surface area contributed by atoms with Gasteiger partial charge in [0.15, 0.2) is 11.5 Å². The predicted molar refractivity (Wildman–Crippen MR) is 120 cm³/mol. The van der Waals surface area contributed by atoms with Gasteiger partial charge in [0.25, 0.3) is 5.24 Å². The van der Waals surface area contributed by atoms with Crippen LogP contribution in [0.1, 0.15) is 6.42 Å². The Balaban J connectivity index is 1.72. The summed E-state index contributed by atoms with van der Waals surface area (Å²) < 4.78 is 10.5. The molecule has 2 aromatic rings. The first-order valence-corrected chi connectivity index (χ1v) is 10.5. The molecule has 1 saturated heterocycles. The molecule has 0 aromatic heterocycles. The molecule has 1 atom stereocenters. The molecule has 3 rings (SSSR count). The van der Waals surface area contributed by atoms with Crippen LogP contribution in [0.5, 0.6) is 11.5 Å². The second-order valence-corrected chi connectivity index (χ2v) is 8.19. The highest BCUT2D eigenvalue weighted by Crippen LogP contribution is 2.35. The van der Waals surface area contributed by atoms with E-state index in [4.69, 9.17) is 9.47 Å². The van der Waals surface area contributed by atoms with Crippen LogP contribution in [-0.2, 0) is 9.59 Å². The van der Waals surface area contributed by atoms with Gasteiger partial charge in [-0.1, -0.05) is 12.1 Å². The fraction of sp³-hybridized carbons (Fsp3) is 0.318. The number of para-hydroxylation sites is 1. The lowest BCUT2D eigenvalue weighted by Gasteiger charge is -2.19. The first-order chi connectivity index (χ1) is 14.8. The van der Waals surface area contributed by atoms with Crippen molar-refractivity contribution in [2.75, 3.05) is 45.1 Å².